The van der Waals surface area contributed by atoms with Crippen LogP contribution in [0.2, 0.25) is 0 Å². The van der Waals surface area contributed by atoms with Crippen molar-refractivity contribution in [1.29, 1.82) is 0 Å². The molecule has 0 spiro atoms. The molecule has 2 rings (SSSR count). The minimum atomic E-state index is -0.452. The summed E-state index contributed by atoms with van der Waals surface area (Å²) in [5.74, 6) is -1.03. The van der Waals surface area contributed by atoms with Gasteiger partial charge in [-0.2, -0.15) is 0 Å². The van der Waals surface area contributed by atoms with Gasteiger partial charge in [-0.05, 0) is 17.7 Å². The smallest absolute Gasteiger partial charge is 0.258 e. The fourth-order valence-corrected chi connectivity index (χ4v) is 1.49. The van der Waals surface area contributed by atoms with E-state index in [1.165, 1.54) is 24.3 Å². The molecule has 0 saturated carbocycles. The fourth-order valence-electron chi connectivity index (χ4n) is 1.49. The fraction of sp³-hybridized carbons (Fsp3) is 0. The van der Waals surface area contributed by atoms with Crippen LogP contribution in [0.3, 0.4) is 0 Å². The molecule has 1 aromatic carbocycles. The Morgan fingerprint density at radius 2 is 1.81 bits per heavy atom. The zero-order valence-electron chi connectivity index (χ0n) is 8.38. The second-order valence-corrected chi connectivity index (χ2v) is 3.30. The second-order valence-electron chi connectivity index (χ2n) is 3.30. The number of anilines is 1. The van der Waals surface area contributed by atoms with Gasteiger partial charge < -0.3 is 5.11 Å². The monoisotopic (exact) mass is 215 g/mol. The number of phenolic OH excluding ortho intramolecular Hbond substituents is 1. The average molecular weight is 215 g/mol. The van der Waals surface area contributed by atoms with Gasteiger partial charge in [-0.1, -0.05) is 18.7 Å². The summed E-state index contributed by atoms with van der Waals surface area (Å²) in [7, 11) is 0. The SMILES string of the molecule is C=Cc1ccc(N2C(=O)C=CC2=O)c(O)c1. The van der Waals surface area contributed by atoms with Crippen LogP contribution in [-0.2, 0) is 9.59 Å². The van der Waals surface area contributed by atoms with Gasteiger partial charge in [-0.15, -0.1) is 0 Å². The highest BCUT2D eigenvalue weighted by Gasteiger charge is 2.27. The van der Waals surface area contributed by atoms with E-state index in [4.69, 9.17) is 0 Å². The zero-order chi connectivity index (χ0) is 11.7. The summed E-state index contributed by atoms with van der Waals surface area (Å²) in [5, 5.41) is 9.70. The summed E-state index contributed by atoms with van der Waals surface area (Å²) in [5.41, 5.74) is 0.902. The summed E-state index contributed by atoms with van der Waals surface area (Å²) >= 11 is 0. The van der Waals surface area contributed by atoms with E-state index >= 15 is 0 Å². The van der Waals surface area contributed by atoms with Crippen LogP contribution in [0.5, 0.6) is 5.75 Å². The van der Waals surface area contributed by atoms with E-state index in [2.05, 4.69) is 6.58 Å². The van der Waals surface area contributed by atoms with Crippen LogP contribution in [-0.4, -0.2) is 16.9 Å². The number of benzene rings is 1. The molecule has 1 heterocycles. The Bertz CT molecular complexity index is 499. The van der Waals surface area contributed by atoms with E-state index in [0.29, 0.717) is 5.56 Å². The maximum absolute atomic E-state index is 11.4. The van der Waals surface area contributed by atoms with Crippen molar-refractivity contribution in [3.8, 4) is 5.75 Å². The zero-order valence-corrected chi connectivity index (χ0v) is 8.38. The highest BCUT2D eigenvalue weighted by molar-refractivity contribution is 6.28. The second kappa shape index (κ2) is 3.66. The first-order valence-electron chi connectivity index (χ1n) is 4.65. The molecule has 0 atom stereocenters. The van der Waals surface area contributed by atoms with Gasteiger partial charge in [0.15, 0.2) is 0 Å². The van der Waals surface area contributed by atoms with Crippen molar-refractivity contribution in [2.24, 2.45) is 0 Å². The standard InChI is InChI=1S/C12H9NO3/c1-2-8-3-4-9(10(14)7-8)13-11(15)5-6-12(13)16/h2-7,14H,1H2. The molecule has 0 unspecified atom stereocenters. The molecule has 1 aliphatic heterocycles. The van der Waals surface area contributed by atoms with Gasteiger partial charge in [-0.25, -0.2) is 4.90 Å². The minimum absolute atomic E-state index is 0.122. The summed E-state index contributed by atoms with van der Waals surface area (Å²) in [4.78, 5) is 23.7. The number of hydrogen-bond acceptors (Lipinski definition) is 3. The lowest BCUT2D eigenvalue weighted by Gasteiger charge is -2.15. The minimum Gasteiger partial charge on any atom is -0.506 e. The molecule has 1 N–H and O–H groups in total. The maximum atomic E-state index is 11.4. The highest BCUT2D eigenvalue weighted by atomic mass is 16.3. The number of rotatable bonds is 2. The summed E-state index contributed by atoms with van der Waals surface area (Å²) in [6.07, 6.45) is 3.90. The molecular weight excluding hydrogens is 206 g/mol. The Hall–Kier alpha value is -2.36. The molecular formula is C12H9NO3. The number of phenols is 1. The summed E-state index contributed by atoms with van der Waals surface area (Å²) in [6, 6.07) is 4.62. The van der Waals surface area contributed by atoms with Gasteiger partial charge in [0, 0.05) is 12.2 Å². The Labute approximate surface area is 92.1 Å². The van der Waals surface area contributed by atoms with Crippen molar-refractivity contribution in [1.82, 2.24) is 0 Å². The van der Waals surface area contributed by atoms with Crippen molar-refractivity contribution in [2.45, 2.75) is 0 Å². The van der Waals surface area contributed by atoms with Crippen LogP contribution < -0.4 is 4.90 Å². The Morgan fingerprint density at radius 1 is 1.19 bits per heavy atom. The average Bonchev–Trinajstić information content (AvgIpc) is 2.59. The molecule has 0 fully saturated rings. The molecule has 0 saturated heterocycles. The van der Waals surface area contributed by atoms with Crippen molar-refractivity contribution in [3.63, 3.8) is 0 Å². The number of aromatic hydroxyl groups is 1. The number of amides is 2. The van der Waals surface area contributed by atoms with Crippen molar-refractivity contribution in [3.05, 3.63) is 42.5 Å². The number of carbonyl (C=O) groups is 2. The summed E-state index contributed by atoms with van der Waals surface area (Å²) < 4.78 is 0. The van der Waals surface area contributed by atoms with Crippen molar-refractivity contribution >= 4 is 23.6 Å². The molecule has 16 heavy (non-hydrogen) atoms. The Kier molecular flexibility index (Phi) is 2.32. The van der Waals surface area contributed by atoms with E-state index in [1.54, 1.807) is 12.1 Å². The van der Waals surface area contributed by atoms with E-state index in [1.807, 2.05) is 0 Å². The van der Waals surface area contributed by atoms with E-state index in [9.17, 15) is 14.7 Å². The Morgan fingerprint density at radius 3 is 2.31 bits per heavy atom. The van der Waals surface area contributed by atoms with Gasteiger partial charge >= 0.3 is 0 Å². The van der Waals surface area contributed by atoms with Gasteiger partial charge in [0.2, 0.25) is 0 Å². The molecule has 1 aliphatic rings. The lowest BCUT2D eigenvalue weighted by Crippen LogP contribution is -2.29. The number of hydrogen-bond donors (Lipinski definition) is 1. The molecule has 0 radical (unpaired) electrons. The molecule has 4 nitrogen and oxygen atoms in total. The van der Waals surface area contributed by atoms with Crippen LogP contribution in [0.1, 0.15) is 5.56 Å². The van der Waals surface area contributed by atoms with Crippen molar-refractivity contribution in [2.75, 3.05) is 4.90 Å². The van der Waals surface area contributed by atoms with Crippen molar-refractivity contribution < 1.29 is 14.7 Å². The Balaban J connectivity index is 2.45. The van der Waals surface area contributed by atoms with E-state index in [-0.39, 0.29) is 11.4 Å². The van der Waals surface area contributed by atoms with Crippen LogP contribution in [0.4, 0.5) is 5.69 Å². The number of imide groups is 1. The highest BCUT2D eigenvalue weighted by Crippen LogP contribution is 2.30. The molecule has 1 aromatic rings. The molecule has 0 aromatic heterocycles. The quantitative estimate of drug-likeness (QED) is 0.760. The van der Waals surface area contributed by atoms with E-state index < -0.39 is 11.8 Å². The molecule has 0 aliphatic carbocycles. The predicted octanol–water partition coefficient (Wildman–Crippen LogP) is 1.46. The normalized spacial score (nSPS) is 14.6. The molecule has 80 valence electrons. The molecule has 0 bridgehead atoms. The third-order valence-electron chi connectivity index (χ3n) is 2.29. The maximum Gasteiger partial charge on any atom is 0.258 e. The summed E-state index contributed by atoms with van der Waals surface area (Å²) in [6.45, 7) is 3.56. The van der Waals surface area contributed by atoms with Gasteiger partial charge in [0.25, 0.3) is 11.8 Å². The first-order chi connectivity index (χ1) is 7.63. The topological polar surface area (TPSA) is 57.6 Å². The largest absolute Gasteiger partial charge is 0.506 e. The van der Waals surface area contributed by atoms with Gasteiger partial charge in [0.05, 0.1) is 5.69 Å². The van der Waals surface area contributed by atoms with Gasteiger partial charge in [0.1, 0.15) is 5.75 Å². The first-order valence-corrected chi connectivity index (χ1v) is 4.65. The lowest BCUT2D eigenvalue weighted by atomic mass is 10.1. The van der Waals surface area contributed by atoms with Crippen LogP contribution >= 0.6 is 0 Å². The third-order valence-corrected chi connectivity index (χ3v) is 2.29. The van der Waals surface area contributed by atoms with Crippen LogP contribution in [0.15, 0.2) is 36.9 Å². The number of carbonyl (C=O) groups excluding carboxylic acids is 2. The first kappa shape index (κ1) is 10.2. The number of nitrogens with zero attached hydrogens (tertiary/aromatic N) is 1. The van der Waals surface area contributed by atoms with Crippen LogP contribution in [0, 0.1) is 0 Å². The van der Waals surface area contributed by atoms with Gasteiger partial charge in [-0.3, -0.25) is 9.59 Å². The molecule has 4 heteroatoms. The third kappa shape index (κ3) is 1.50. The lowest BCUT2D eigenvalue weighted by molar-refractivity contribution is -0.120. The molecule has 2 amide bonds. The van der Waals surface area contributed by atoms with E-state index in [0.717, 1.165) is 4.90 Å². The predicted molar refractivity (Wildman–Crippen MR) is 59.8 cm³/mol. The van der Waals surface area contributed by atoms with Crippen LogP contribution in [0.25, 0.3) is 6.08 Å².